The Morgan fingerprint density at radius 1 is 1.12 bits per heavy atom. The van der Waals surface area contributed by atoms with Crippen LogP contribution < -0.4 is 4.74 Å². The Kier molecular flexibility index (Phi) is 6.59. The quantitative estimate of drug-likeness (QED) is 0.721. The first kappa shape index (κ1) is 23.8. The summed E-state index contributed by atoms with van der Waals surface area (Å²) >= 11 is 0. The number of pyridine rings is 1. The van der Waals surface area contributed by atoms with Crippen LogP contribution in [0.4, 0.5) is 4.79 Å². The molecule has 2 fully saturated rings. The van der Waals surface area contributed by atoms with Gasteiger partial charge in [-0.3, -0.25) is 0 Å². The summed E-state index contributed by atoms with van der Waals surface area (Å²) in [5.41, 5.74) is 1.42. The molecular weight excluding hydrogens is 444 g/mol. The van der Waals surface area contributed by atoms with Crippen molar-refractivity contribution in [2.45, 2.75) is 63.2 Å². The molecule has 1 amide bonds. The zero-order chi connectivity index (χ0) is 23.8. The number of carbonyl (C=O) groups is 1. The maximum atomic E-state index is 13.3. The summed E-state index contributed by atoms with van der Waals surface area (Å²) in [6.45, 7) is 7.30. The number of ether oxygens (including phenoxy) is 2. The number of hydrogen-bond acceptors (Lipinski definition) is 6. The number of amides is 1. The van der Waals surface area contributed by atoms with Crippen molar-refractivity contribution in [1.29, 1.82) is 0 Å². The van der Waals surface area contributed by atoms with Crippen molar-refractivity contribution in [3.8, 4) is 5.75 Å². The van der Waals surface area contributed by atoms with Crippen LogP contribution in [0, 0.1) is 0 Å². The summed E-state index contributed by atoms with van der Waals surface area (Å²) in [7, 11) is -1.78. The van der Waals surface area contributed by atoms with E-state index in [2.05, 4.69) is 9.97 Å². The van der Waals surface area contributed by atoms with Gasteiger partial charge in [-0.2, -0.15) is 0 Å². The van der Waals surface area contributed by atoms with Crippen LogP contribution in [0.3, 0.4) is 0 Å². The number of H-pyrrole nitrogens is 1. The molecule has 0 radical (unpaired) electrons. The predicted molar refractivity (Wildman–Crippen MR) is 126 cm³/mol. The van der Waals surface area contributed by atoms with Gasteiger partial charge < -0.3 is 19.4 Å². The standard InChI is InChI=1S/C23H34N4O5S/c1-23(2,3)32-22(28)26-9-7-18(8-10-26)33(29,30)27-11-5-16(6-12-27)20-15-25-21-19(20)13-17(31-4)14-24-21/h13-16,18H,5-12H2,1-4H3,(H,24,25). The molecule has 2 aromatic rings. The SMILES string of the molecule is COc1cnc2[nH]cc(C3CCN(S(=O)(=O)C4CCN(C(=O)OC(C)(C)C)CC4)CC3)c2c1. The fourth-order valence-electron chi connectivity index (χ4n) is 4.75. The summed E-state index contributed by atoms with van der Waals surface area (Å²) in [6, 6.07) is 1.98. The number of fused-ring (bicyclic) bond motifs is 1. The molecule has 0 unspecified atom stereocenters. The molecule has 0 saturated carbocycles. The lowest BCUT2D eigenvalue weighted by Gasteiger charge is -2.37. The number of nitrogens with zero attached hydrogens (tertiary/aromatic N) is 3. The third-order valence-electron chi connectivity index (χ3n) is 6.54. The molecule has 4 rings (SSSR count). The molecule has 10 heteroatoms. The predicted octanol–water partition coefficient (Wildman–Crippen LogP) is 3.48. The van der Waals surface area contributed by atoms with Gasteiger partial charge in [-0.25, -0.2) is 22.5 Å². The van der Waals surface area contributed by atoms with Gasteiger partial charge in [0, 0.05) is 37.8 Å². The minimum absolute atomic E-state index is 0.271. The van der Waals surface area contributed by atoms with Crippen LogP contribution in [0.15, 0.2) is 18.5 Å². The first-order valence-electron chi connectivity index (χ1n) is 11.6. The average Bonchev–Trinajstić information content (AvgIpc) is 3.21. The molecule has 2 aliphatic heterocycles. The summed E-state index contributed by atoms with van der Waals surface area (Å²) in [6.07, 6.45) is 5.71. The second-order valence-electron chi connectivity index (χ2n) is 9.90. The number of likely N-dealkylation sites (tertiary alicyclic amines) is 1. The van der Waals surface area contributed by atoms with Crippen molar-refractivity contribution in [3.05, 3.63) is 24.0 Å². The number of hydrogen-bond donors (Lipinski definition) is 1. The molecule has 0 bridgehead atoms. The Bertz CT molecular complexity index is 1090. The molecule has 4 heterocycles. The smallest absolute Gasteiger partial charge is 0.410 e. The van der Waals surface area contributed by atoms with Crippen molar-refractivity contribution in [2.24, 2.45) is 0 Å². The van der Waals surface area contributed by atoms with Crippen molar-refractivity contribution in [2.75, 3.05) is 33.3 Å². The second kappa shape index (κ2) is 9.13. The minimum Gasteiger partial charge on any atom is -0.495 e. The highest BCUT2D eigenvalue weighted by Crippen LogP contribution is 2.35. The zero-order valence-corrected chi connectivity index (χ0v) is 20.7. The number of nitrogens with one attached hydrogen (secondary N) is 1. The van der Waals surface area contributed by atoms with Crippen LogP contribution in [0.1, 0.15) is 57.9 Å². The average molecular weight is 479 g/mol. The fraction of sp³-hybridized carbons (Fsp3) is 0.652. The van der Waals surface area contributed by atoms with E-state index in [1.54, 1.807) is 22.5 Å². The van der Waals surface area contributed by atoms with E-state index >= 15 is 0 Å². The molecule has 33 heavy (non-hydrogen) atoms. The molecule has 182 valence electrons. The van der Waals surface area contributed by atoms with Crippen molar-refractivity contribution in [3.63, 3.8) is 0 Å². The third-order valence-corrected chi connectivity index (χ3v) is 8.94. The Labute approximate surface area is 195 Å². The first-order valence-corrected chi connectivity index (χ1v) is 13.1. The fourth-order valence-corrected chi connectivity index (χ4v) is 6.70. The highest BCUT2D eigenvalue weighted by Gasteiger charge is 2.38. The molecule has 9 nitrogen and oxygen atoms in total. The van der Waals surface area contributed by atoms with E-state index in [0.717, 1.165) is 23.9 Å². The Morgan fingerprint density at radius 2 is 1.79 bits per heavy atom. The lowest BCUT2D eigenvalue weighted by molar-refractivity contribution is 0.0216. The zero-order valence-electron chi connectivity index (χ0n) is 19.8. The number of aromatic nitrogens is 2. The van der Waals surface area contributed by atoms with Gasteiger partial charge in [0.1, 0.15) is 17.0 Å². The van der Waals surface area contributed by atoms with Crippen molar-refractivity contribution >= 4 is 27.1 Å². The van der Waals surface area contributed by atoms with Gasteiger partial charge in [-0.15, -0.1) is 0 Å². The monoisotopic (exact) mass is 478 g/mol. The van der Waals surface area contributed by atoms with Crippen LogP contribution in [0.2, 0.25) is 0 Å². The van der Waals surface area contributed by atoms with Crippen LogP contribution in [-0.2, 0) is 14.8 Å². The molecule has 0 aliphatic carbocycles. The number of methoxy groups -OCH3 is 1. The molecule has 2 aliphatic rings. The van der Waals surface area contributed by atoms with E-state index in [-0.39, 0.29) is 12.0 Å². The number of sulfonamides is 1. The maximum absolute atomic E-state index is 13.3. The van der Waals surface area contributed by atoms with E-state index in [1.807, 2.05) is 33.0 Å². The molecular formula is C23H34N4O5S. The summed E-state index contributed by atoms with van der Waals surface area (Å²) < 4.78 is 39.0. The molecule has 0 spiro atoms. The van der Waals surface area contributed by atoms with E-state index in [1.165, 1.54) is 5.56 Å². The Hall–Kier alpha value is -2.33. The van der Waals surface area contributed by atoms with Crippen molar-refractivity contribution in [1.82, 2.24) is 19.2 Å². The van der Waals surface area contributed by atoms with Gasteiger partial charge in [0.25, 0.3) is 0 Å². The summed E-state index contributed by atoms with van der Waals surface area (Å²) in [4.78, 5) is 21.5. The molecule has 0 atom stereocenters. The Balaban J connectivity index is 1.36. The highest BCUT2D eigenvalue weighted by atomic mass is 32.2. The van der Waals surface area contributed by atoms with E-state index < -0.39 is 20.9 Å². The minimum atomic E-state index is -3.40. The van der Waals surface area contributed by atoms with E-state index in [0.29, 0.717) is 44.8 Å². The van der Waals surface area contributed by atoms with Gasteiger partial charge in [-0.1, -0.05) is 0 Å². The van der Waals surface area contributed by atoms with E-state index in [4.69, 9.17) is 9.47 Å². The lowest BCUT2D eigenvalue weighted by Crippen LogP contribution is -2.49. The molecule has 1 N–H and O–H groups in total. The highest BCUT2D eigenvalue weighted by molar-refractivity contribution is 7.89. The van der Waals surface area contributed by atoms with Crippen LogP contribution >= 0.6 is 0 Å². The van der Waals surface area contributed by atoms with Crippen LogP contribution in [-0.4, -0.2) is 77.8 Å². The number of piperidine rings is 2. The number of carbonyl (C=O) groups excluding carboxylic acids is 1. The Morgan fingerprint density at radius 3 is 2.39 bits per heavy atom. The van der Waals surface area contributed by atoms with Crippen LogP contribution in [0.25, 0.3) is 11.0 Å². The first-order chi connectivity index (χ1) is 15.6. The third kappa shape index (κ3) is 5.11. The molecule has 2 saturated heterocycles. The van der Waals surface area contributed by atoms with Crippen LogP contribution in [0.5, 0.6) is 5.75 Å². The maximum Gasteiger partial charge on any atom is 0.410 e. The summed E-state index contributed by atoms with van der Waals surface area (Å²) in [5.74, 6) is 0.981. The second-order valence-corrected chi connectivity index (χ2v) is 12.1. The molecule has 0 aromatic carbocycles. The van der Waals surface area contributed by atoms with Gasteiger partial charge in [0.2, 0.25) is 10.0 Å². The topological polar surface area (TPSA) is 105 Å². The van der Waals surface area contributed by atoms with Crippen molar-refractivity contribution < 1.29 is 22.7 Å². The normalized spacial score (nSPS) is 19.7. The molecule has 2 aromatic heterocycles. The lowest BCUT2D eigenvalue weighted by atomic mass is 9.90. The van der Waals surface area contributed by atoms with Gasteiger partial charge in [0.05, 0.1) is 18.6 Å². The summed E-state index contributed by atoms with van der Waals surface area (Å²) in [5, 5.41) is 0.583. The van der Waals surface area contributed by atoms with Gasteiger partial charge >= 0.3 is 6.09 Å². The largest absolute Gasteiger partial charge is 0.495 e. The number of aromatic amines is 1. The van der Waals surface area contributed by atoms with E-state index in [9.17, 15) is 13.2 Å². The van der Waals surface area contributed by atoms with Gasteiger partial charge in [-0.05, 0) is 64.0 Å². The number of rotatable bonds is 4. The van der Waals surface area contributed by atoms with Gasteiger partial charge in [0.15, 0.2) is 0 Å².